The van der Waals surface area contributed by atoms with Crippen molar-refractivity contribution in [1.82, 2.24) is 10.2 Å². The fourth-order valence-electron chi connectivity index (χ4n) is 3.26. The van der Waals surface area contributed by atoms with Gasteiger partial charge in [0.25, 0.3) is 0 Å². The number of guanidine groups is 1. The van der Waals surface area contributed by atoms with E-state index in [-0.39, 0.29) is 5.60 Å². The third kappa shape index (κ3) is 6.92. The van der Waals surface area contributed by atoms with E-state index in [9.17, 15) is 0 Å². The highest BCUT2D eigenvalue weighted by atomic mass is 32.2. The van der Waals surface area contributed by atoms with Gasteiger partial charge in [-0.15, -0.1) is 0 Å². The van der Waals surface area contributed by atoms with Crippen LogP contribution in [0.25, 0.3) is 0 Å². The number of piperidine rings is 1. The van der Waals surface area contributed by atoms with Gasteiger partial charge in [0.05, 0.1) is 11.7 Å². The van der Waals surface area contributed by atoms with Crippen molar-refractivity contribution in [3.8, 4) is 0 Å². The van der Waals surface area contributed by atoms with Gasteiger partial charge in [-0.25, -0.2) is 0 Å². The lowest BCUT2D eigenvalue weighted by molar-refractivity contribution is -0.0772. The molecule has 0 bridgehead atoms. The zero-order valence-corrected chi connectivity index (χ0v) is 16.3. The van der Waals surface area contributed by atoms with Crippen molar-refractivity contribution in [2.45, 2.75) is 65.1 Å². The third-order valence-electron chi connectivity index (χ3n) is 4.44. The quantitative estimate of drug-likeness (QED) is 0.628. The lowest BCUT2D eigenvalue weighted by Crippen LogP contribution is -2.48. The number of rotatable bonds is 4. The van der Waals surface area contributed by atoms with Crippen molar-refractivity contribution in [3.05, 3.63) is 0 Å². The average molecular weight is 342 g/mol. The zero-order chi connectivity index (χ0) is 16.7. The Morgan fingerprint density at radius 2 is 1.83 bits per heavy atom. The molecule has 0 radical (unpaired) electrons. The van der Waals surface area contributed by atoms with E-state index >= 15 is 0 Å². The van der Waals surface area contributed by atoms with E-state index in [4.69, 9.17) is 9.73 Å². The number of ether oxygens (including phenoxy) is 1. The maximum Gasteiger partial charge on any atom is 0.193 e. The van der Waals surface area contributed by atoms with Gasteiger partial charge in [-0.2, -0.15) is 11.8 Å². The molecule has 2 fully saturated rings. The Bertz CT molecular complexity index is 367. The predicted molar refractivity (Wildman–Crippen MR) is 101 cm³/mol. The van der Waals surface area contributed by atoms with Gasteiger partial charge in [-0.05, 0) is 70.8 Å². The Balaban J connectivity index is 1.83. The molecule has 0 unspecified atom stereocenters. The Labute approximate surface area is 146 Å². The van der Waals surface area contributed by atoms with Crippen LogP contribution in [0.5, 0.6) is 0 Å². The summed E-state index contributed by atoms with van der Waals surface area (Å²) in [6, 6.07) is 0. The number of nitrogens with one attached hydrogen (secondary N) is 1. The molecule has 134 valence electrons. The summed E-state index contributed by atoms with van der Waals surface area (Å²) in [5.74, 6) is 4.52. The summed E-state index contributed by atoms with van der Waals surface area (Å²) >= 11 is 2.09. The summed E-state index contributed by atoms with van der Waals surface area (Å²) in [5.41, 5.74) is -0.0373. The minimum absolute atomic E-state index is 0.0373. The van der Waals surface area contributed by atoms with Crippen LogP contribution in [0.3, 0.4) is 0 Å². The fraction of sp³-hybridized carbons (Fsp3) is 0.944. The van der Waals surface area contributed by atoms with Gasteiger partial charge in [0, 0.05) is 26.2 Å². The first-order chi connectivity index (χ1) is 11.0. The van der Waals surface area contributed by atoms with Crippen molar-refractivity contribution in [2.75, 3.05) is 37.7 Å². The van der Waals surface area contributed by atoms with Crippen LogP contribution in [0.2, 0.25) is 0 Å². The second-order valence-corrected chi connectivity index (χ2v) is 8.89. The molecule has 0 aliphatic carbocycles. The summed E-state index contributed by atoms with van der Waals surface area (Å²) in [4.78, 5) is 7.36. The first-order valence-electron chi connectivity index (χ1n) is 9.26. The highest BCUT2D eigenvalue weighted by Crippen LogP contribution is 2.23. The van der Waals surface area contributed by atoms with Crippen LogP contribution >= 0.6 is 11.8 Å². The first kappa shape index (κ1) is 18.9. The van der Waals surface area contributed by atoms with E-state index in [1.807, 2.05) is 0 Å². The summed E-state index contributed by atoms with van der Waals surface area (Å²) in [5, 5.41) is 3.48. The van der Waals surface area contributed by atoms with E-state index in [2.05, 4.69) is 49.7 Å². The molecule has 0 spiro atoms. The Hall–Kier alpha value is -0.420. The van der Waals surface area contributed by atoms with Crippen molar-refractivity contribution in [1.29, 1.82) is 0 Å². The minimum atomic E-state index is -0.0373. The second kappa shape index (κ2) is 9.16. The lowest BCUT2D eigenvalue weighted by Gasteiger charge is -2.37. The van der Waals surface area contributed by atoms with Crippen LogP contribution in [0.1, 0.15) is 53.4 Å². The molecule has 5 heteroatoms. The number of nitrogens with zero attached hydrogens (tertiary/aromatic N) is 2. The maximum atomic E-state index is 6.13. The zero-order valence-electron chi connectivity index (χ0n) is 15.4. The molecule has 0 aromatic heterocycles. The highest BCUT2D eigenvalue weighted by molar-refractivity contribution is 7.99. The van der Waals surface area contributed by atoms with Crippen LogP contribution in [-0.2, 0) is 4.74 Å². The van der Waals surface area contributed by atoms with Gasteiger partial charge in [0.1, 0.15) is 0 Å². The van der Waals surface area contributed by atoms with Gasteiger partial charge in [0.15, 0.2) is 5.96 Å². The average Bonchev–Trinajstić information content (AvgIpc) is 2.52. The largest absolute Gasteiger partial charge is 0.372 e. The summed E-state index contributed by atoms with van der Waals surface area (Å²) < 4.78 is 6.13. The van der Waals surface area contributed by atoms with Crippen molar-refractivity contribution in [3.63, 3.8) is 0 Å². The van der Waals surface area contributed by atoms with Crippen LogP contribution in [0, 0.1) is 5.92 Å². The van der Waals surface area contributed by atoms with Crippen molar-refractivity contribution in [2.24, 2.45) is 10.9 Å². The molecule has 1 N–H and O–H groups in total. The fourth-order valence-corrected chi connectivity index (χ4v) is 4.46. The molecule has 2 rings (SSSR count). The van der Waals surface area contributed by atoms with Gasteiger partial charge in [0.2, 0.25) is 0 Å². The number of aliphatic imine (C=N–C) groups is 1. The van der Waals surface area contributed by atoms with E-state index in [1.54, 1.807) is 0 Å². The van der Waals surface area contributed by atoms with Crippen LogP contribution in [0.15, 0.2) is 4.99 Å². The lowest BCUT2D eigenvalue weighted by atomic mass is 10.0. The van der Waals surface area contributed by atoms with Crippen LogP contribution < -0.4 is 5.32 Å². The normalized spacial score (nSPS) is 22.4. The molecule has 0 atom stereocenters. The summed E-state index contributed by atoms with van der Waals surface area (Å²) in [6.45, 7) is 12.6. The molecule has 2 heterocycles. The van der Waals surface area contributed by atoms with Crippen LogP contribution in [0.4, 0.5) is 0 Å². The van der Waals surface area contributed by atoms with Gasteiger partial charge in [-0.1, -0.05) is 0 Å². The highest BCUT2D eigenvalue weighted by Gasteiger charge is 2.25. The number of hydrogen-bond donors (Lipinski definition) is 1. The van der Waals surface area contributed by atoms with E-state index < -0.39 is 0 Å². The Morgan fingerprint density at radius 1 is 1.17 bits per heavy atom. The summed E-state index contributed by atoms with van der Waals surface area (Å²) in [7, 11) is 0. The molecule has 23 heavy (non-hydrogen) atoms. The standard InChI is InChI=1S/C18H35N3OS/c1-5-19-17(20-14-15-8-12-23-13-9-15)21-10-6-16(7-11-21)22-18(2,3)4/h15-16H,5-14H2,1-4H3,(H,19,20). The molecule has 2 aliphatic heterocycles. The molecule has 2 aliphatic rings. The molecule has 2 saturated heterocycles. The SMILES string of the molecule is CCNC(=NCC1CCSCC1)N1CCC(OC(C)(C)C)CC1. The molecule has 0 amide bonds. The van der Waals surface area contributed by atoms with E-state index in [0.717, 1.165) is 50.9 Å². The maximum absolute atomic E-state index is 6.13. The molecule has 0 aromatic carbocycles. The molecular weight excluding hydrogens is 306 g/mol. The van der Waals surface area contributed by atoms with Crippen LogP contribution in [-0.4, -0.2) is 60.2 Å². The smallest absolute Gasteiger partial charge is 0.193 e. The van der Waals surface area contributed by atoms with E-state index in [0.29, 0.717) is 6.10 Å². The summed E-state index contributed by atoms with van der Waals surface area (Å²) in [6.07, 6.45) is 5.25. The van der Waals surface area contributed by atoms with Crippen molar-refractivity contribution >= 4 is 17.7 Å². The monoisotopic (exact) mass is 341 g/mol. The van der Waals surface area contributed by atoms with E-state index in [1.165, 1.54) is 24.3 Å². The molecular formula is C18H35N3OS. The van der Waals surface area contributed by atoms with Gasteiger partial charge >= 0.3 is 0 Å². The van der Waals surface area contributed by atoms with Gasteiger partial charge in [-0.3, -0.25) is 4.99 Å². The predicted octanol–water partition coefficient (Wildman–Crippen LogP) is 3.37. The Kier molecular flexibility index (Phi) is 7.54. The minimum Gasteiger partial charge on any atom is -0.372 e. The Morgan fingerprint density at radius 3 is 2.39 bits per heavy atom. The molecule has 0 saturated carbocycles. The molecule has 4 nitrogen and oxygen atoms in total. The second-order valence-electron chi connectivity index (χ2n) is 7.67. The number of thioether (sulfide) groups is 1. The molecule has 0 aromatic rings. The number of likely N-dealkylation sites (tertiary alicyclic amines) is 1. The number of hydrogen-bond acceptors (Lipinski definition) is 3. The third-order valence-corrected chi connectivity index (χ3v) is 5.49. The first-order valence-corrected chi connectivity index (χ1v) is 10.4. The van der Waals surface area contributed by atoms with Crippen molar-refractivity contribution < 1.29 is 4.74 Å². The van der Waals surface area contributed by atoms with Gasteiger partial charge < -0.3 is 15.0 Å². The topological polar surface area (TPSA) is 36.9 Å².